The third-order valence-corrected chi connectivity index (χ3v) is 7.28. The highest BCUT2D eigenvalue weighted by Crippen LogP contribution is 2.47. The number of nitrogens with one attached hydrogen (secondary N) is 1. The number of carbonyl (C=O) groups is 1. The molecule has 2 heterocycles. The maximum atomic E-state index is 12.9. The number of hydrogen-bond acceptors (Lipinski definition) is 9. The minimum Gasteiger partial charge on any atom is -0.487 e. The van der Waals surface area contributed by atoms with Crippen LogP contribution in [0.15, 0.2) is 85.2 Å². The minimum absolute atomic E-state index is 0.0541. The molecular formula is C34H30ClN3O6. The zero-order valence-electron chi connectivity index (χ0n) is 24.0. The molecule has 0 aliphatic carbocycles. The number of hydrogen-bond donors (Lipinski definition) is 1. The molecule has 0 saturated heterocycles. The second kappa shape index (κ2) is 13.6. The van der Waals surface area contributed by atoms with Crippen LogP contribution in [-0.4, -0.2) is 49.3 Å². The van der Waals surface area contributed by atoms with Gasteiger partial charge in [0, 0.05) is 36.7 Å². The van der Waals surface area contributed by atoms with Gasteiger partial charge in [-0.2, -0.15) is 0 Å². The molecule has 1 aliphatic heterocycles. The number of methoxy groups -OCH3 is 1. The minimum atomic E-state index is 0.0541. The van der Waals surface area contributed by atoms with Crippen molar-refractivity contribution in [2.24, 2.45) is 0 Å². The van der Waals surface area contributed by atoms with Crippen LogP contribution in [0.5, 0.6) is 28.7 Å². The number of Topliss-reactive ketones (excluding diaryl/α,β-unsaturated/α-hetero) is 1. The van der Waals surface area contributed by atoms with E-state index in [4.69, 9.17) is 35.3 Å². The van der Waals surface area contributed by atoms with Crippen LogP contribution in [0.2, 0.25) is 5.02 Å². The van der Waals surface area contributed by atoms with Gasteiger partial charge in [0.2, 0.25) is 5.75 Å². The highest BCUT2D eigenvalue weighted by molar-refractivity contribution is 6.31. The van der Waals surface area contributed by atoms with Crippen molar-refractivity contribution in [1.82, 2.24) is 9.97 Å². The van der Waals surface area contributed by atoms with Crippen LogP contribution in [0.4, 0.5) is 11.5 Å². The maximum absolute atomic E-state index is 12.9. The molecule has 10 heteroatoms. The third kappa shape index (κ3) is 6.85. The monoisotopic (exact) mass is 611 g/mol. The summed E-state index contributed by atoms with van der Waals surface area (Å²) >= 11 is 6.64. The van der Waals surface area contributed by atoms with E-state index in [1.807, 2.05) is 66.7 Å². The molecule has 6 rings (SSSR count). The average molecular weight is 612 g/mol. The van der Waals surface area contributed by atoms with Crippen molar-refractivity contribution >= 4 is 39.8 Å². The number of fused-ring (bicyclic) bond motifs is 3. The van der Waals surface area contributed by atoms with Crippen LogP contribution >= 0.6 is 11.6 Å². The first-order valence-corrected chi connectivity index (χ1v) is 14.5. The van der Waals surface area contributed by atoms with E-state index in [-0.39, 0.29) is 12.2 Å². The molecule has 9 nitrogen and oxygen atoms in total. The summed E-state index contributed by atoms with van der Waals surface area (Å²) in [5.74, 6) is 3.60. The largest absolute Gasteiger partial charge is 0.487 e. The predicted molar refractivity (Wildman–Crippen MR) is 168 cm³/mol. The van der Waals surface area contributed by atoms with Gasteiger partial charge in [0.1, 0.15) is 49.2 Å². The Morgan fingerprint density at radius 2 is 1.66 bits per heavy atom. The summed E-state index contributed by atoms with van der Waals surface area (Å²) in [7, 11) is 1.61. The molecule has 0 atom stereocenters. The molecule has 1 aromatic heterocycles. The van der Waals surface area contributed by atoms with E-state index in [9.17, 15) is 4.79 Å². The van der Waals surface area contributed by atoms with Crippen molar-refractivity contribution in [3.05, 3.63) is 101 Å². The molecule has 0 fully saturated rings. The van der Waals surface area contributed by atoms with E-state index >= 15 is 0 Å². The molecule has 44 heavy (non-hydrogen) atoms. The fourth-order valence-corrected chi connectivity index (χ4v) is 5.10. The number of halogens is 1. The highest BCUT2D eigenvalue weighted by atomic mass is 35.5. The smallest absolute Gasteiger partial charge is 0.204 e. The van der Waals surface area contributed by atoms with Crippen molar-refractivity contribution in [3.63, 3.8) is 0 Å². The second-order valence-electron chi connectivity index (χ2n) is 10.1. The molecule has 0 spiro atoms. The Balaban J connectivity index is 1.14. The molecule has 5 aromatic rings. The van der Waals surface area contributed by atoms with Crippen molar-refractivity contribution < 1.29 is 28.5 Å². The topological polar surface area (TPSA) is 101 Å². The van der Waals surface area contributed by atoms with Gasteiger partial charge >= 0.3 is 0 Å². The number of ketones is 1. The molecule has 0 unspecified atom stereocenters. The number of rotatable bonds is 12. The number of para-hydroxylation sites is 1. The molecule has 0 saturated carbocycles. The van der Waals surface area contributed by atoms with Crippen LogP contribution in [-0.2, 0) is 22.4 Å². The van der Waals surface area contributed by atoms with Crippen molar-refractivity contribution in [2.75, 3.05) is 38.9 Å². The van der Waals surface area contributed by atoms with Crippen molar-refractivity contribution in [3.8, 4) is 28.7 Å². The van der Waals surface area contributed by atoms with Crippen LogP contribution in [0.1, 0.15) is 11.1 Å². The van der Waals surface area contributed by atoms with E-state index < -0.39 is 0 Å². The molecular weight excluding hydrogens is 582 g/mol. The molecule has 224 valence electrons. The number of aromatic nitrogens is 2. The predicted octanol–water partition coefficient (Wildman–Crippen LogP) is 6.97. The lowest BCUT2D eigenvalue weighted by atomic mass is 10.0. The summed E-state index contributed by atoms with van der Waals surface area (Å²) in [6, 6.07) is 24.4. The summed E-state index contributed by atoms with van der Waals surface area (Å²) in [6.07, 6.45) is 1.97. The molecule has 0 bridgehead atoms. The van der Waals surface area contributed by atoms with E-state index in [1.54, 1.807) is 19.2 Å². The molecule has 4 aromatic carbocycles. The molecule has 0 amide bonds. The quantitative estimate of drug-likeness (QED) is 0.150. The van der Waals surface area contributed by atoms with Gasteiger partial charge in [0.25, 0.3) is 0 Å². The van der Waals surface area contributed by atoms with E-state index in [1.165, 1.54) is 6.33 Å². The number of benzene rings is 4. The van der Waals surface area contributed by atoms with Crippen LogP contribution < -0.4 is 24.3 Å². The maximum Gasteiger partial charge on any atom is 0.204 e. The first-order chi connectivity index (χ1) is 21.6. The van der Waals surface area contributed by atoms with E-state index in [2.05, 4.69) is 15.3 Å². The van der Waals surface area contributed by atoms with Gasteiger partial charge in [-0.15, -0.1) is 0 Å². The Bertz CT molecular complexity index is 1770. The number of nitrogens with zero attached hydrogens (tertiary/aromatic N) is 2. The van der Waals surface area contributed by atoms with Gasteiger partial charge in [-0.1, -0.05) is 48.0 Å². The van der Waals surface area contributed by atoms with Crippen molar-refractivity contribution in [1.29, 1.82) is 0 Å². The van der Waals surface area contributed by atoms with Gasteiger partial charge in [0.05, 0.1) is 17.5 Å². The normalized spacial score (nSPS) is 12.1. The van der Waals surface area contributed by atoms with Gasteiger partial charge in [-0.25, -0.2) is 9.97 Å². The number of anilines is 2. The van der Waals surface area contributed by atoms with E-state index in [0.29, 0.717) is 83.3 Å². The SMILES string of the molecule is COCCOc1cc2ncnc(Nc3ccc(CC(=O)Cc4ccc(Oc5ccccc5)cc4)c(Cl)c3)c2c2c1OCCO2. The Labute approximate surface area is 259 Å². The zero-order chi connectivity index (χ0) is 30.3. The Kier molecular flexibility index (Phi) is 9.05. The fourth-order valence-electron chi connectivity index (χ4n) is 4.85. The molecule has 1 N–H and O–H groups in total. The van der Waals surface area contributed by atoms with E-state index in [0.717, 1.165) is 16.9 Å². The van der Waals surface area contributed by atoms with Gasteiger partial charge in [-0.3, -0.25) is 4.79 Å². The Morgan fingerprint density at radius 3 is 2.43 bits per heavy atom. The average Bonchev–Trinajstić information content (AvgIpc) is 3.04. The lowest BCUT2D eigenvalue weighted by Gasteiger charge is -2.23. The Hall–Kier alpha value is -4.86. The summed E-state index contributed by atoms with van der Waals surface area (Å²) in [4.78, 5) is 21.8. The van der Waals surface area contributed by atoms with Crippen molar-refractivity contribution in [2.45, 2.75) is 12.8 Å². The number of carbonyl (C=O) groups excluding carboxylic acids is 1. The summed E-state index contributed by atoms with van der Waals surface area (Å²) in [5.41, 5.74) is 2.98. The van der Waals surface area contributed by atoms with Crippen LogP contribution in [0, 0.1) is 0 Å². The van der Waals surface area contributed by atoms with Crippen LogP contribution in [0.25, 0.3) is 10.9 Å². The van der Waals surface area contributed by atoms with Gasteiger partial charge in [-0.05, 0) is 47.5 Å². The second-order valence-corrected chi connectivity index (χ2v) is 10.5. The van der Waals surface area contributed by atoms with Crippen LogP contribution in [0.3, 0.4) is 0 Å². The first kappa shape index (κ1) is 29.2. The molecule has 1 aliphatic rings. The number of ether oxygens (including phenoxy) is 5. The Morgan fingerprint density at radius 1 is 0.886 bits per heavy atom. The lowest BCUT2D eigenvalue weighted by molar-refractivity contribution is -0.117. The first-order valence-electron chi connectivity index (χ1n) is 14.2. The summed E-state index contributed by atoms with van der Waals surface area (Å²) in [6.45, 7) is 1.58. The van der Waals surface area contributed by atoms with Gasteiger partial charge in [0.15, 0.2) is 11.5 Å². The zero-order valence-corrected chi connectivity index (χ0v) is 24.8. The summed E-state index contributed by atoms with van der Waals surface area (Å²) < 4.78 is 28.7. The standard InChI is InChI=1S/C34H30ClN3O6/c1-40-13-14-41-30-20-29-31(33-32(30)42-15-16-43-33)34(37-21-36-29)38-24-10-9-23(28(35)19-24)18-25(39)17-22-7-11-27(12-8-22)44-26-5-3-2-4-6-26/h2-12,19-21H,13-18H2,1H3,(H,36,37,38). The summed E-state index contributed by atoms with van der Waals surface area (Å²) in [5, 5.41) is 4.46. The lowest BCUT2D eigenvalue weighted by Crippen LogP contribution is -2.17. The molecule has 0 radical (unpaired) electrons. The third-order valence-electron chi connectivity index (χ3n) is 6.93. The van der Waals surface area contributed by atoms with Gasteiger partial charge < -0.3 is 29.0 Å². The highest BCUT2D eigenvalue weighted by Gasteiger charge is 2.24. The fraction of sp³-hybridized carbons (Fsp3) is 0.206.